The molecule has 2 heterocycles. The van der Waals surface area contributed by atoms with Gasteiger partial charge in [-0.3, -0.25) is 18.5 Å². The minimum atomic E-state index is -0.442. The first kappa shape index (κ1) is 19.7. The predicted molar refractivity (Wildman–Crippen MR) is 118 cm³/mol. The number of hydrazone groups is 1. The molecule has 8 nitrogen and oxygen atoms in total. The van der Waals surface area contributed by atoms with Crippen LogP contribution in [0.15, 0.2) is 69.3 Å². The van der Waals surface area contributed by atoms with Crippen LogP contribution in [0.25, 0.3) is 11.2 Å². The van der Waals surface area contributed by atoms with Crippen molar-refractivity contribution in [2.24, 2.45) is 19.2 Å². The van der Waals surface area contributed by atoms with Gasteiger partial charge < -0.3 is 0 Å². The van der Waals surface area contributed by atoms with E-state index in [4.69, 9.17) is 11.6 Å². The van der Waals surface area contributed by atoms with Gasteiger partial charge in [-0.1, -0.05) is 54.1 Å². The molecular weight excluding hydrogens is 404 g/mol. The summed E-state index contributed by atoms with van der Waals surface area (Å²) in [5.74, 6) is 0.352. The van der Waals surface area contributed by atoms with Gasteiger partial charge in [0.05, 0.1) is 12.8 Å². The quantitative estimate of drug-likeness (QED) is 0.395. The summed E-state index contributed by atoms with van der Waals surface area (Å²) in [6, 6.07) is 16.9. The fourth-order valence-electron chi connectivity index (χ4n) is 3.16. The highest BCUT2D eigenvalue weighted by atomic mass is 35.5. The lowest BCUT2D eigenvalue weighted by Crippen LogP contribution is -2.37. The summed E-state index contributed by atoms with van der Waals surface area (Å²) in [6.45, 7) is 0.351. The summed E-state index contributed by atoms with van der Waals surface area (Å²) in [4.78, 5) is 29.7. The van der Waals surface area contributed by atoms with Crippen molar-refractivity contribution in [2.75, 3.05) is 5.43 Å². The highest BCUT2D eigenvalue weighted by Crippen LogP contribution is 2.19. The number of aromatic nitrogens is 4. The van der Waals surface area contributed by atoms with E-state index in [2.05, 4.69) is 15.5 Å². The van der Waals surface area contributed by atoms with Gasteiger partial charge in [0.1, 0.15) is 0 Å². The van der Waals surface area contributed by atoms with Crippen LogP contribution in [-0.4, -0.2) is 24.9 Å². The maximum Gasteiger partial charge on any atom is 0.332 e. The molecule has 0 unspecified atom stereocenters. The Morgan fingerprint density at radius 1 is 1.03 bits per heavy atom. The average Bonchev–Trinajstić information content (AvgIpc) is 3.11. The molecule has 2 aromatic carbocycles. The SMILES string of the molecule is Cn1c(=O)c2c(nc(NN=Cc3ccccc3)n2Cc2ccc(Cl)cc2)n(C)c1=O. The van der Waals surface area contributed by atoms with Crippen LogP contribution in [0.2, 0.25) is 5.02 Å². The van der Waals surface area contributed by atoms with E-state index in [0.29, 0.717) is 23.0 Å². The molecule has 2 aromatic heterocycles. The zero-order chi connectivity index (χ0) is 21.3. The van der Waals surface area contributed by atoms with Crippen LogP contribution in [0.5, 0.6) is 0 Å². The maximum atomic E-state index is 12.9. The molecule has 0 spiro atoms. The fraction of sp³-hybridized carbons (Fsp3) is 0.143. The van der Waals surface area contributed by atoms with E-state index in [1.54, 1.807) is 30.0 Å². The van der Waals surface area contributed by atoms with Gasteiger partial charge in [-0.25, -0.2) is 10.2 Å². The van der Waals surface area contributed by atoms with Crippen LogP contribution >= 0.6 is 11.6 Å². The van der Waals surface area contributed by atoms with E-state index >= 15 is 0 Å². The minimum Gasteiger partial charge on any atom is -0.298 e. The number of halogens is 1. The van der Waals surface area contributed by atoms with Crippen molar-refractivity contribution >= 4 is 34.9 Å². The van der Waals surface area contributed by atoms with Crippen molar-refractivity contribution in [3.63, 3.8) is 0 Å². The molecule has 0 fully saturated rings. The molecule has 4 aromatic rings. The Morgan fingerprint density at radius 3 is 2.43 bits per heavy atom. The molecule has 9 heteroatoms. The molecule has 0 amide bonds. The van der Waals surface area contributed by atoms with E-state index in [-0.39, 0.29) is 5.65 Å². The summed E-state index contributed by atoms with van der Waals surface area (Å²) in [7, 11) is 3.03. The smallest absolute Gasteiger partial charge is 0.298 e. The molecule has 0 radical (unpaired) electrons. The third-order valence-corrected chi connectivity index (χ3v) is 5.03. The zero-order valence-corrected chi connectivity index (χ0v) is 17.2. The molecule has 0 saturated carbocycles. The molecule has 152 valence electrons. The summed E-state index contributed by atoms with van der Waals surface area (Å²) in [6.07, 6.45) is 1.66. The Bertz CT molecular complexity index is 1350. The third-order valence-electron chi connectivity index (χ3n) is 4.78. The fourth-order valence-corrected chi connectivity index (χ4v) is 3.29. The molecule has 0 atom stereocenters. The lowest BCUT2D eigenvalue weighted by Gasteiger charge is -2.09. The van der Waals surface area contributed by atoms with E-state index in [1.165, 1.54) is 11.6 Å². The van der Waals surface area contributed by atoms with Crippen LogP contribution in [-0.2, 0) is 20.6 Å². The van der Waals surface area contributed by atoms with Crippen molar-refractivity contribution in [2.45, 2.75) is 6.54 Å². The van der Waals surface area contributed by atoms with Gasteiger partial charge in [-0.2, -0.15) is 10.1 Å². The summed E-state index contributed by atoms with van der Waals surface area (Å²) in [5, 5.41) is 4.88. The molecule has 0 aliphatic heterocycles. The van der Waals surface area contributed by atoms with Crippen molar-refractivity contribution in [1.29, 1.82) is 0 Å². The van der Waals surface area contributed by atoms with Crippen LogP contribution in [0.4, 0.5) is 5.95 Å². The monoisotopic (exact) mass is 422 g/mol. The highest BCUT2D eigenvalue weighted by molar-refractivity contribution is 6.30. The number of rotatable bonds is 5. The topological polar surface area (TPSA) is 86.2 Å². The van der Waals surface area contributed by atoms with Gasteiger partial charge in [-0.15, -0.1) is 0 Å². The molecule has 0 bridgehead atoms. The van der Waals surface area contributed by atoms with Crippen LogP contribution in [0.1, 0.15) is 11.1 Å². The van der Waals surface area contributed by atoms with Crippen molar-refractivity contribution in [1.82, 2.24) is 18.7 Å². The largest absolute Gasteiger partial charge is 0.332 e. The number of hydrogen-bond donors (Lipinski definition) is 1. The van der Waals surface area contributed by atoms with Gasteiger partial charge in [-0.05, 0) is 23.3 Å². The average molecular weight is 423 g/mol. The summed E-state index contributed by atoms with van der Waals surface area (Å²) < 4.78 is 4.13. The number of benzene rings is 2. The lowest BCUT2D eigenvalue weighted by atomic mass is 10.2. The second kappa shape index (κ2) is 8.00. The van der Waals surface area contributed by atoms with E-state index < -0.39 is 11.2 Å². The van der Waals surface area contributed by atoms with E-state index in [0.717, 1.165) is 15.7 Å². The first-order valence-corrected chi connectivity index (χ1v) is 9.58. The third kappa shape index (κ3) is 3.65. The Morgan fingerprint density at radius 2 is 1.73 bits per heavy atom. The Hall–Kier alpha value is -3.65. The summed E-state index contributed by atoms with van der Waals surface area (Å²) in [5.41, 5.74) is 4.47. The van der Waals surface area contributed by atoms with Gasteiger partial charge in [0.25, 0.3) is 5.56 Å². The van der Waals surface area contributed by atoms with Gasteiger partial charge in [0.15, 0.2) is 11.2 Å². The number of imidazole rings is 1. The van der Waals surface area contributed by atoms with Crippen LogP contribution < -0.4 is 16.7 Å². The van der Waals surface area contributed by atoms with Crippen molar-refractivity contribution in [3.05, 3.63) is 91.6 Å². The first-order chi connectivity index (χ1) is 14.5. The molecule has 0 saturated heterocycles. The van der Waals surface area contributed by atoms with Gasteiger partial charge in [0, 0.05) is 19.1 Å². The molecule has 0 aliphatic carbocycles. The lowest BCUT2D eigenvalue weighted by molar-refractivity contribution is 0.702. The number of aryl methyl sites for hydroxylation is 1. The molecular formula is C21H19ClN6O2. The van der Waals surface area contributed by atoms with E-state index in [1.807, 2.05) is 42.5 Å². The van der Waals surface area contributed by atoms with E-state index in [9.17, 15) is 9.59 Å². The zero-order valence-electron chi connectivity index (χ0n) is 16.4. The van der Waals surface area contributed by atoms with Crippen LogP contribution in [0.3, 0.4) is 0 Å². The Balaban J connectivity index is 1.83. The normalized spacial score (nSPS) is 11.4. The summed E-state index contributed by atoms with van der Waals surface area (Å²) >= 11 is 5.99. The number of fused-ring (bicyclic) bond motifs is 1. The molecule has 1 N–H and O–H groups in total. The van der Waals surface area contributed by atoms with Crippen LogP contribution in [0, 0.1) is 0 Å². The number of anilines is 1. The predicted octanol–water partition coefficient (Wildman–Crippen LogP) is 2.58. The minimum absolute atomic E-state index is 0.287. The van der Waals surface area contributed by atoms with Crippen molar-refractivity contribution < 1.29 is 0 Å². The Kier molecular flexibility index (Phi) is 5.24. The number of nitrogens with zero attached hydrogens (tertiary/aromatic N) is 5. The maximum absolute atomic E-state index is 12.9. The second-order valence-corrected chi connectivity index (χ2v) is 7.24. The highest BCUT2D eigenvalue weighted by Gasteiger charge is 2.19. The standard InChI is InChI=1S/C21H19ClN6O2/c1-26-18-17(19(29)27(2)21(26)30)28(13-15-8-10-16(22)11-9-15)20(24-18)25-23-12-14-6-4-3-5-7-14/h3-12H,13H2,1-2H3,(H,24,25). The number of hydrogen-bond acceptors (Lipinski definition) is 5. The molecule has 0 aliphatic rings. The molecule has 30 heavy (non-hydrogen) atoms. The number of nitrogens with one attached hydrogen (secondary N) is 1. The van der Waals surface area contributed by atoms with Crippen molar-refractivity contribution in [3.8, 4) is 0 Å². The second-order valence-electron chi connectivity index (χ2n) is 6.81. The molecule has 4 rings (SSSR count). The first-order valence-electron chi connectivity index (χ1n) is 9.20. The van der Waals surface area contributed by atoms with Gasteiger partial charge in [0.2, 0.25) is 5.95 Å². The van der Waals surface area contributed by atoms with Gasteiger partial charge >= 0.3 is 5.69 Å². The Labute approximate surface area is 176 Å².